The number of hydrogen-bond donors (Lipinski definition) is 1. The summed E-state index contributed by atoms with van der Waals surface area (Å²) < 4.78 is 0. The van der Waals surface area contributed by atoms with Crippen molar-refractivity contribution < 1.29 is 5.21 Å². The van der Waals surface area contributed by atoms with Gasteiger partial charge in [0.2, 0.25) is 0 Å². The monoisotopic (exact) mass is 145 g/mol. The van der Waals surface area contributed by atoms with Gasteiger partial charge in [-0.1, -0.05) is 32.6 Å². The molecule has 0 amide bonds. The fourth-order valence-corrected chi connectivity index (χ4v) is 0.944. The Balaban J connectivity index is 2.77. The Morgan fingerprint density at radius 2 is 1.70 bits per heavy atom. The van der Waals surface area contributed by atoms with Gasteiger partial charge in [0.1, 0.15) is 0 Å². The number of rotatable bonds is 6. The minimum absolute atomic E-state index is 0.809. The molecule has 62 valence electrons. The summed E-state index contributed by atoms with van der Waals surface area (Å²) >= 11 is 0. The highest BCUT2D eigenvalue weighted by Gasteiger charge is 1.91. The van der Waals surface area contributed by atoms with Crippen LogP contribution in [0, 0.1) is 0 Å². The molecule has 0 saturated carbocycles. The van der Waals surface area contributed by atoms with E-state index in [9.17, 15) is 0 Å². The number of nitrogens with zero attached hydrogens (tertiary/aromatic N) is 1. The van der Waals surface area contributed by atoms with E-state index in [2.05, 4.69) is 6.92 Å². The zero-order valence-corrected chi connectivity index (χ0v) is 7.14. The third-order valence-electron chi connectivity index (χ3n) is 1.59. The predicted octanol–water partition coefficient (Wildman–Crippen LogP) is 2.28. The molecule has 0 aliphatic carbocycles. The summed E-state index contributed by atoms with van der Waals surface area (Å²) in [5.41, 5.74) is 0. The number of unbranched alkanes of at least 4 members (excludes halogenated alkanes) is 4. The maximum absolute atomic E-state index is 8.74. The first kappa shape index (κ1) is 9.92. The molecule has 0 saturated heterocycles. The molecule has 0 atom stereocenters. The van der Waals surface area contributed by atoms with E-state index >= 15 is 0 Å². The molecule has 0 aromatic carbocycles. The Kier molecular flexibility index (Phi) is 6.98. The van der Waals surface area contributed by atoms with Crippen LogP contribution < -0.4 is 0 Å². The highest BCUT2D eigenvalue weighted by Crippen LogP contribution is 2.01. The number of hydrogen-bond acceptors (Lipinski definition) is 2. The topological polar surface area (TPSA) is 23.5 Å². The summed E-state index contributed by atoms with van der Waals surface area (Å²) in [4.78, 5) is 0. The SMILES string of the molecule is CCCCCCCN(C)O. The molecule has 0 fully saturated rings. The summed E-state index contributed by atoms with van der Waals surface area (Å²) in [7, 11) is 1.69. The summed E-state index contributed by atoms with van der Waals surface area (Å²) in [6.45, 7) is 3.02. The van der Waals surface area contributed by atoms with Crippen molar-refractivity contribution >= 4 is 0 Å². The minimum Gasteiger partial charge on any atom is -0.314 e. The van der Waals surface area contributed by atoms with Crippen molar-refractivity contribution in [3.8, 4) is 0 Å². The second-order valence-corrected chi connectivity index (χ2v) is 2.80. The highest BCUT2D eigenvalue weighted by atomic mass is 16.5. The average Bonchev–Trinajstić information content (AvgIpc) is 1.87. The lowest BCUT2D eigenvalue weighted by Gasteiger charge is -2.06. The Morgan fingerprint density at radius 1 is 1.10 bits per heavy atom. The summed E-state index contributed by atoms with van der Waals surface area (Å²) in [6, 6.07) is 0. The van der Waals surface area contributed by atoms with E-state index in [-0.39, 0.29) is 0 Å². The van der Waals surface area contributed by atoms with Gasteiger partial charge in [-0.15, -0.1) is 0 Å². The van der Waals surface area contributed by atoms with Crippen LogP contribution in [0.1, 0.15) is 39.0 Å². The highest BCUT2D eigenvalue weighted by molar-refractivity contribution is 4.43. The Morgan fingerprint density at radius 3 is 2.20 bits per heavy atom. The standard InChI is InChI=1S/C8H19NO/c1-3-4-5-6-7-8-9(2)10/h10H,3-8H2,1-2H3. The van der Waals surface area contributed by atoms with Crippen molar-refractivity contribution in [1.29, 1.82) is 0 Å². The molecular weight excluding hydrogens is 126 g/mol. The van der Waals surface area contributed by atoms with E-state index < -0.39 is 0 Å². The molecule has 2 heteroatoms. The lowest BCUT2D eigenvalue weighted by molar-refractivity contribution is -0.0655. The zero-order chi connectivity index (χ0) is 7.82. The fraction of sp³-hybridized carbons (Fsp3) is 1.00. The van der Waals surface area contributed by atoms with E-state index in [1.807, 2.05) is 0 Å². The minimum atomic E-state index is 0.809. The third kappa shape index (κ3) is 7.92. The first-order chi connectivity index (χ1) is 4.77. The van der Waals surface area contributed by atoms with E-state index in [0.29, 0.717) is 0 Å². The zero-order valence-electron chi connectivity index (χ0n) is 7.14. The molecule has 0 unspecified atom stereocenters. The van der Waals surface area contributed by atoms with Gasteiger partial charge in [-0.2, -0.15) is 5.06 Å². The molecule has 10 heavy (non-hydrogen) atoms. The molecule has 0 bridgehead atoms. The van der Waals surface area contributed by atoms with Crippen LogP contribution >= 0.6 is 0 Å². The predicted molar refractivity (Wildman–Crippen MR) is 43.2 cm³/mol. The summed E-state index contributed by atoms with van der Waals surface area (Å²) in [5, 5.41) is 10.00. The lowest BCUT2D eigenvalue weighted by Crippen LogP contribution is -2.13. The van der Waals surface area contributed by atoms with Crippen molar-refractivity contribution in [3.05, 3.63) is 0 Å². The first-order valence-electron chi connectivity index (χ1n) is 4.17. The fourth-order valence-electron chi connectivity index (χ4n) is 0.944. The molecule has 0 spiro atoms. The van der Waals surface area contributed by atoms with E-state index in [1.165, 1.54) is 30.7 Å². The Labute approximate surface area is 63.8 Å². The molecule has 0 radical (unpaired) electrons. The van der Waals surface area contributed by atoms with Crippen LogP contribution in [0.15, 0.2) is 0 Å². The lowest BCUT2D eigenvalue weighted by atomic mass is 10.1. The summed E-state index contributed by atoms with van der Waals surface area (Å²) in [6.07, 6.45) is 6.29. The molecule has 0 heterocycles. The Hall–Kier alpha value is -0.0800. The van der Waals surface area contributed by atoms with Crippen LogP contribution in [0.25, 0.3) is 0 Å². The molecule has 0 aromatic rings. The molecule has 0 aliphatic heterocycles. The maximum Gasteiger partial charge on any atom is 0.0235 e. The van der Waals surface area contributed by atoms with E-state index in [0.717, 1.165) is 13.0 Å². The van der Waals surface area contributed by atoms with Gasteiger partial charge in [-0.05, 0) is 6.42 Å². The second-order valence-electron chi connectivity index (χ2n) is 2.80. The van der Waals surface area contributed by atoms with Crippen molar-refractivity contribution in [1.82, 2.24) is 5.06 Å². The molecule has 1 N–H and O–H groups in total. The van der Waals surface area contributed by atoms with Gasteiger partial charge in [-0.25, -0.2) is 0 Å². The van der Waals surface area contributed by atoms with Crippen LogP contribution in [0.3, 0.4) is 0 Å². The Bertz CT molecular complexity index is 64.3. The van der Waals surface area contributed by atoms with Gasteiger partial charge in [0, 0.05) is 13.6 Å². The van der Waals surface area contributed by atoms with Gasteiger partial charge in [0.05, 0.1) is 0 Å². The van der Waals surface area contributed by atoms with E-state index in [4.69, 9.17) is 5.21 Å². The van der Waals surface area contributed by atoms with Gasteiger partial charge >= 0.3 is 0 Å². The molecule has 2 nitrogen and oxygen atoms in total. The summed E-state index contributed by atoms with van der Waals surface area (Å²) in [5.74, 6) is 0. The molecule has 0 aromatic heterocycles. The largest absolute Gasteiger partial charge is 0.314 e. The smallest absolute Gasteiger partial charge is 0.0235 e. The number of hydroxylamine groups is 2. The van der Waals surface area contributed by atoms with Crippen LogP contribution in [0.5, 0.6) is 0 Å². The molecule has 0 aliphatic rings. The van der Waals surface area contributed by atoms with Gasteiger partial charge in [-0.3, -0.25) is 0 Å². The third-order valence-corrected chi connectivity index (χ3v) is 1.59. The van der Waals surface area contributed by atoms with Crippen molar-refractivity contribution in [2.45, 2.75) is 39.0 Å². The van der Waals surface area contributed by atoms with Crippen LogP contribution in [0.2, 0.25) is 0 Å². The van der Waals surface area contributed by atoms with Crippen LogP contribution in [-0.2, 0) is 0 Å². The van der Waals surface area contributed by atoms with Crippen LogP contribution in [0.4, 0.5) is 0 Å². The van der Waals surface area contributed by atoms with Gasteiger partial charge in [0.15, 0.2) is 0 Å². The molecule has 0 rings (SSSR count). The van der Waals surface area contributed by atoms with Gasteiger partial charge in [0.25, 0.3) is 0 Å². The van der Waals surface area contributed by atoms with Crippen LogP contribution in [-0.4, -0.2) is 23.9 Å². The first-order valence-corrected chi connectivity index (χ1v) is 4.17. The molecular formula is C8H19NO. The average molecular weight is 145 g/mol. The quantitative estimate of drug-likeness (QED) is 0.458. The maximum atomic E-state index is 8.74. The van der Waals surface area contributed by atoms with E-state index in [1.54, 1.807) is 7.05 Å². The second kappa shape index (κ2) is 7.03. The van der Waals surface area contributed by atoms with Crippen molar-refractivity contribution in [2.75, 3.05) is 13.6 Å². The van der Waals surface area contributed by atoms with Crippen molar-refractivity contribution in [3.63, 3.8) is 0 Å². The van der Waals surface area contributed by atoms with Crippen molar-refractivity contribution in [2.24, 2.45) is 0 Å². The van der Waals surface area contributed by atoms with Gasteiger partial charge < -0.3 is 5.21 Å². The normalized spacial score (nSPS) is 10.8.